The van der Waals surface area contributed by atoms with Gasteiger partial charge in [0.05, 0.1) is 37.2 Å². The number of carbonyl (C=O) groups is 5. The van der Waals surface area contributed by atoms with Gasteiger partial charge < -0.3 is 29.0 Å². The first-order valence-corrected chi connectivity index (χ1v) is 23.0. The number of likely N-dealkylation sites (tertiary alicyclic amines) is 1. The molecule has 2 fully saturated rings. The lowest BCUT2D eigenvalue weighted by atomic mass is 9.84. The molecule has 0 radical (unpaired) electrons. The Morgan fingerprint density at radius 2 is 1.80 bits per heavy atom. The number of nitrogens with zero attached hydrogens (tertiary/aromatic N) is 5. The summed E-state index contributed by atoms with van der Waals surface area (Å²) in [6, 6.07) is 11.5. The molecule has 0 saturated carbocycles. The third-order valence-corrected chi connectivity index (χ3v) is 12.7. The number of ether oxygens (including phenoxy) is 3. The smallest absolute Gasteiger partial charge is 0.410 e. The summed E-state index contributed by atoms with van der Waals surface area (Å²) in [6.45, 7) is 23.1. The second-order valence-corrected chi connectivity index (χ2v) is 18.6. The number of esters is 1. The molecule has 15 nitrogen and oxygen atoms in total. The molecule has 4 amide bonds. The van der Waals surface area contributed by atoms with E-state index in [1.54, 1.807) is 13.3 Å². The molecule has 6 rings (SSSR count). The highest BCUT2D eigenvalue weighted by Crippen LogP contribution is 2.40. The molecule has 3 aliphatic heterocycles. The van der Waals surface area contributed by atoms with Crippen molar-refractivity contribution in [3.05, 3.63) is 90.3 Å². The summed E-state index contributed by atoms with van der Waals surface area (Å²) in [7, 11) is 3.15. The summed E-state index contributed by atoms with van der Waals surface area (Å²) in [6.07, 6.45) is 4.89. The quantitative estimate of drug-likeness (QED) is 0.0896. The van der Waals surface area contributed by atoms with Crippen LogP contribution in [0.5, 0.6) is 0 Å². The van der Waals surface area contributed by atoms with Crippen molar-refractivity contribution in [2.75, 3.05) is 40.4 Å². The molecular weight excluding hydrogens is 839 g/mol. The number of aromatic nitrogens is 1. The van der Waals surface area contributed by atoms with Gasteiger partial charge in [0.2, 0.25) is 11.8 Å². The number of fused-ring (bicyclic) bond motifs is 6. The van der Waals surface area contributed by atoms with Gasteiger partial charge >= 0.3 is 12.1 Å². The van der Waals surface area contributed by atoms with Crippen LogP contribution in [-0.4, -0.2) is 126 Å². The lowest BCUT2D eigenvalue weighted by molar-refractivity contribution is -0.155. The minimum atomic E-state index is -1.09. The Hall–Kier alpha value is -6.06. The maximum Gasteiger partial charge on any atom is 0.410 e. The van der Waals surface area contributed by atoms with Crippen LogP contribution in [0.1, 0.15) is 78.1 Å². The van der Waals surface area contributed by atoms with Gasteiger partial charge in [-0.3, -0.25) is 34.1 Å². The molecular formula is C51H67N7O8. The maximum absolute atomic E-state index is 14.6. The van der Waals surface area contributed by atoms with E-state index in [4.69, 9.17) is 19.2 Å². The number of cyclic esters (lactones) is 1. The molecule has 2 aromatic carbocycles. The number of hydrogen-bond donors (Lipinski definition) is 2. The number of rotatable bonds is 12. The van der Waals surface area contributed by atoms with E-state index in [0.29, 0.717) is 32.4 Å². The van der Waals surface area contributed by atoms with E-state index >= 15 is 0 Å². The number of carbonyl (C=O) groups excluding carboxylic acids is 5. The predicted octanol–water partition coefficient (Wildman–Crippen LogP) is 6.49. The van der Waals surface area contributed by atoms with E-state index in [-0.39, 0.29) is 44.0 Å². The fourth-order valence-electron chi connectivity index (χ4n) is 9.24. The first-order valence-electron chi connectivity index (χ1n) is 23.0. The van der Waals surface area contributed by atoms with Crippen molar-refractivity contribution < 1.29 is 38.2 Å². The minimum absolute atomic E-state index is 0.108. The Morgan fingerprint density at radius 1 is 1.08 bits per heavy atom. The molecule has 66 heavy (non-hydrogen) atoms. The number of amides is 4. The van der Waals surface area contributed by atoms with Gasteiger partial charge in [-0.25, -0.2) is 10.2 Å². The minimum Gasteiger partial charge on any atom is -0.464 e. The second-order valence-electron chi connectivity index (χ2n) is 18.6. The summed E-state index contributed by atoms with van der Waals surface area (Å²) in [5.74, 6) is -2.06. The Bertz CT molecular complexity index is 2410. The largest absolute Gasteiger partial charge is 0.464 e. The average Bonchev–Trinajstić information content (AvgIpc) is 3.58. The molecule has 354 valence electrons. The summed E-state index contributed by atoms with van der Waals surface area (Å²) in [5.41, 5.74) is 9.93. The highest BCUT2D eigenvalue weighted by atomic mass is 16.6. The monoisotopic (exact) mass is 906 g/mol. The van der Waals surface area contributed by atoms with Crippen molar-refractivity contribution in [3.63, 3.8) is 0 Å². The first-order chi connectivity index (χ1) is 31.4. The van der Waals surface area contributed by atoms with E-state index in [1.807, 2.05) is 58.0 Å². The number of hydrogen-bond acceptors (Lipinski definition) is 10. The molecule has 6 bridgehead atoms. The first kappa shape index (κ1) is 49.4. The lowest BCUT2D eigenvalue weighted by Crippen LogP contribution is -2.62. The molecule has 3 aliphatic rings. The van der Waals surface area contributed by atoms with Crippen LogP contribution >= 0.6 is 0 Å². The van der Waals surface area contributed by atoms with E-state index < -0.39 is 53.5 Å². The van der Waals surface area contributed by atoms with E-state index in [9.17, 15) is 24.0 Å². The summed E-state index contributed by atoms with van der Waals surface area (Å²) in [5, 5.41) is 5.44. The molecule has 0 unspecified atom stereocenters. The van der Waals surface area contributed by atoms with Gasteiger partial charge in [-0.15, -0.1) is 0 Å². The topological polar surface area (TPSA) is 164 Å². The van der Waals surface area contributed by atoms with Gasteiger partial charge in [-0.1, -0.05) is 77.3 Å². The standard InChI is InChI=1S/C51H67N7O8/c1-12-37(44(52-14-3)32(7)64-11)46-39-27-51(8,9)30-65-49(62)40-20-17-23-58(54-40)48(61)41(25-33-18-16-19-34(24-33)35-21-22-42(38(39)26-35)57(46)15-4)53-47(60)45(31(5)6)55(10)50(63)66-36-28-56(29-36)43(59)13-2/h12-14,16,18-19,21-22,24,26,31-32,36,40-41,45,54H,1-2,15,17,20,23,25,27-30H2,3-11H3,(H,53,60)/b44-37+,52-14?/t32-,40-,41-,45-/m0/s1. The Labute approximate surface area is 388 Å². The third kappa shape index (κ3) is 10.6. The van der Waals surface area contributed by atoms with Crippen molar-refractivity contribution >= 4 is 52.5 Å². The average molecular weight is 906 g/mol. The Kier molecular flexibility index (Phi) is 15.8. The normalized spacial score (nSPS) is 20.5. The number of aryl methyl sites for hydroxylation is 1. The van der Waals surface area contributed by atoms with Gasteiger partial charge in [0.1, 0.15) is 24.2 Å². The zero-order valence-electron chi connectivity index (χ0n) is 40.0. The van der Waals surface area contributed by atoms with Crippen LogP contribution in [0, 0.1) is 11.3 Å². The van der Waals surface area contributed by atoms with Gasteiger partial charge in [-0.2, -0.15) is 0 Å². The van der Waals surface area contributed by atoms with Gasteiger partial charge in [0.25, 0.3) is 5.91 Å². The number of likely N-dealkylation sites (N-methyl/N-ethyl adjacent to an activating group) is 1. The Morgan fingerprint density at radius 3 is 2.45 bits per heavy atom. The van der Waals surface area contributed by atoms with E-state index in [0.717, 1.165) is 50.1 Å². The number of methoxy groups -OCH3 is 1. The zero-order chi connectivity index (χ0) is 48.0. The number of benzene rings is 2. The number of aliphatic imine (C=N–C) groups is 1. The summed E-state index contributed by atoms with van der Waals surface area (Å²) in [4.78, 5) is 75.8. The van der Waals surface area contributed by atoms with Crippen molar-refractivity contribution in [1.29, 1.82) is 0 Å². The molecule has 0 spiro atoms. The van der Waals surface area contributed by atoms with Gasteiger partial charge in [-0.05, 0) is 86.4 Å². The van der Waals surface area contributed by atoms with Crippen molar-refractivity contribution in [1.82, 2.24) is 30.1 Å². The SMILES string of the molecule is C=CC(=O)N1CC(OC(=O)N(C)[C@H](C(=O)N[C@H]2Cc3cccc(c3)-c3ccc4c(c3)c(c(/C(C=C)=C(/N=CC)[C@H](C)OC)n4CC)CC(C)(C)COC(=O)[C@@H]3CCCN(N3)C2=O)C(C)C)C1. The van der Waals surface area contributed by atoms with Crippen LogP contribution in [0.2, 0.25) is 0 Å². The van der Waals surface area contributed by atoms with Crippen LogP contribution in [0.25, 0.3) is 27.6 Å². The van der Waals surface area contributed by atoms with Crippen molar-refractivity contribution in [3.8, 4) is 11.1 Å². The van der Waals surface area contributed by atoms with Crippen LogP contribution in [-0.2, 0) is 52.8 Å². The highest BCUT2D eigenvalue weighted by Gasteiger charge is 2.40. The molecule has 2 saturated heterocycles. The predicted molar refractivity (Wildman–Crippen MR) is 256 cm³/mol. The van der Waals surface area contributed by atoms with Crippen LogP contribution < -0.4 is 10.7 Å². The van der Waals surface area contributed by atoms with Crippen LogP contribution in [0.3, 0.4) is 0 Å². The molecule has 4 heterocycles. The van der Waals surface area contributed by atoms with E-state index in [1.165, 1.54) is 27.9 Å². The van der Waals surface area contributed by atoms with Gasteiger partial charge in [0, 0.05) is 61.8 Å². The Balaban J connectivity index is 1.42. The summed E-state index contributed by atoms with van der Waals surface area (Å²) < 4.78 is 19.9. The molecule has 4 atom stereocenters. The lowest BCUT2D eigenvalue weighted by Gasteiger charge is -2.39. The zero-order valence-corrected chi connectivity index (χ0v) is 40.0. The molecule has 3 aromatic rings. The maximum atomic E-state index is 14.6. The van der Waals surface area contributed by atoms with Crippen LogP contribution in [0.4, 0.5) is 4.79 Å². The molecule has 0 aliphatic carbocycles. The van der Waals surface area contributed by atoms with Crippen molar-refractivity contribution in [2.45, 2.75) is 111 Å². The highest BCUT2D eigenvalue weighted by molar-refractivity contribution is 5.96. The third-order valence-electron chi connectivity index (χ3n) is 12.7. The summed E-state index contributed by atoms with van der Waals surface area (Å²) >= 11 is 0. The number of allylic oxidation sites excluding steroid dienone is 2. The second kappa shape index (κ2) is 21.1. The van der Waals surface area contributed by atoms with E-state index in [2.05, 4.69) is 67.4 Å². The number of hydrazine groups is 1. The molecule has 2 N–H and O–H groups in total. The fourth-order valence-corrected chi connectivity index (χ4v) is 9.24. The fraction of sp³-hybridized carbons (Fsp3) is 0.490. The van der Waals surface area contributed by atoms with Crippen LogP contribution in [0.15, 0.2) is 78.5 Å². The number of nitrogens with one attached hydrogen (secondary N) is 2. The molecule has 15 heteroatoms. The van der Waals surface area contributed by atoms with Gasteiger partial charge in [0.15, 0.2) is 0 Å². The van der Waals surface area contributed by atoms with Crippen molar-refractivity contribution in [2.24, 2.45) is 16.3 Å². The molecule has 1 aromatic heterocycles.